The third-order valence-electron chi connectivity index (χ3n) is 3.74. The third-order valence-corrected chi connectivity index (χ3v) is 3.74. The Morgan fingerprint density at radius 1 is 1.36 bits per heavy atom. The molecule has 5 N–H and O–H groups in total. The van der Waals surface area contributed by atoms with Gasteiger partial charge in [0.1, 0.15) is 18.3 Å². The van der Waals surface area contributed by atoms with Crippen molar-refractivity contribution in [1.82, 2.24) is 20.0 Å². The van der Waals surface area contributed by atoms with Crippen LogP contribution in [0.1, 0.15) is 6.23 Å². The van der Waals surface area contributed by atoms with Crippen LogP contribution in [0.15, 0.2) is 6.20 Å². The molecule has 0 unspecified atom stereocenters. The molecule has 3 heterocycles. The van der Waals surface area contributed by atoms with Crippen LogP contribution in [0.5, 0.6) is 0 Å². The summed E-state index contributed by atoms with van der Waals surface area (Å²) in [6.45, 7) is -0.419. The molecule has 0 aliphatic carbocycles. The summed E-state index contributed by atoms with van der Waals surface area (Å²) in [4.78, 5) is 1.82. The van der Waals surface area contributed by atoms with E-state index in [0.717, 1.165) is 5.69 Å². The molecule has 1 fully saturated rings. The molecule has 2 aromatic rings. The van der Waals surface area contributed by atoms with Crippen molar-refractivity contribution in [1.29, 1.82) is 0 Å². The van der Waals surface area contributed by atoms with Crippen molar-refractivity contribution in [3.05, 3.63) is 6.20 Å². The van der Waals surface area contributed by atoms with Crippen LogP contribution in [0.25, 0.3) is 11.0 Å². The Kier molecular flexibility index (Phi) is 3.60. The fourth-order valence-electron chi connectivity index (χ4n) is 2.59. The van der Waals surface area contributed by atoms with Gasteiger partial charge in [-0.05, 0) is 0 Å². The van der Waals surface area contributed by atoms with Gasteiger partial charge < -0.3 is 30.7 Å². The van der Waals surface area contributed by atoms with Gasteiger partial charge in [0.05, 0.1) is 23.9 Å². The standard InChI is InChI=1S/C12H18N6O4/c1-17(2)5-3-14-15-11-7(5)10(13)16-18(11)12-9(21)8(20)6(4-19)22-12/h3,6,8-9,12,19-21H,4H2,1-2H3,(H2,13,16)/t6-,8+,9-,12-/m1/s1. The van der Waals surface area contributed by atoms with E-state index in [1.54, 1.807) is 6.20 Å². The van der Waals surface area contributed by atoms with E-state index < -0.39 is 31.1 Å². The number of hydrogen-bond donors (Lipinski definition) is 4. The van der Waals surface area contributed by atoms with E-state index in [-0.39, 0.29) is 5.82 Å². The molecule has 0 saturated carbocycles. The molecule has 0 aromatic carbocycles. The summed E-state index contributed by atoms with van der Waals surface area (Å²) in [6.07, 6.45) is -2.82. The van der Waals surface area contributed by atoms with Crippen LogP contribution in [-0.2, 0) is 4.74 Å². The lowest BCUT2D eigenvalue weighted by Crippen LogP contribution is -2.33. The van der Waals surface area contributed by atoms with Gasteiger partial charge in [0.2, 0.25) is 0 Å². The molecule has 2 aromatic heterocycles. The number of nitrogens with two attached hydrogens (primary N) is 1. The van der Waals surface area contributed by atoms with Gasteiger partial charge in [-0.2, -0.15) is 10.2 Å². The number of aliphatic hydroxyl groups is 3. The van der Waals surface area contributed by atoms with Gasteiger partial charge in [-0.15, -0.1) is 5.10 Å². The average molecular weight is 310 g/mol. The second-order valence-electron chi connectivity index (χ2n) is 5.38. The first-order valence-corrected chi connectivity index (χ1v) is 6.74. The minimum Gasteiger partial charge on any atom is -0.394 e. The molecule has 10 nitrogen and oxygen atoms in total. The average Bonchev–Trinajstić information content (AvgIpc) is 2.98. The number of nitrogen functional groups attached to an aromatic ring is 1. The minimum absolute atomic E-state index is 0.214. The molecular weight excluding hydrogens is 292 g/mol. The monoisotopic (exact) mass is 310 g/mol. The zero-order chi connectivity index (χ0) is 16.0. The summed E-state index contributed by atoms with van der Waals surface area (Å²) in [7, 11) is 3.67. The maximum Gasteiger partial charge on any atom is 0.187 e. The van der Waals surface area contributed by atoms with Crippen LogP contribution in [0, 0.1) is 0 Å². The number of rotatable bonds is 3. The summed E-state index contributed by atoms with van der Waals surface area (Å²) in [5.41, 5.74) is 7.01. The van der Waals surface area contributed by atoms with E-state index in [1.807, 2.05) is 19.0 Å². The Morgan fingerprint density at radius 3 is 2.68 bits per heavy atom. The largest absolute Gasteiger partial charge is 0.394 e. The maximum absolute atomic E-state index is 10.1. The van der Waals surface area contributed by atoms with E-state index in [9.17, 15) is 10.2 Å². The summed E-state index contributed by atoms with van der Waals surface area (Å²) in [5, 5.41) is 41.8. The fraction of sp³-hybridized carbons (Fsp3) is 0.583. The number of aliphatic hydroxyl groups excluding tert-OH is 3. The first kappa shape index (κ1) is 14.9. The predicted octanol–water partition coefficient (Wildman–Crippen LogP) is -1.91. The van der Waals surface area contributed by atoms with E-state index >= 15 is 0 Å². The van der Waals surface area contributed by atoms with E-state index in [1.165, 1.54) is 4.68 Å². The van der Waals surface area contributed by atoms with Crippen LogP contribution in [-0.4, -0.2) is 74.3 Å². The van der Waals surface area contributed by atoms with Gasteiger partial charge in [-0.3, -0.25) is 0 Å². The van der Waals surface area contributed by atoms with Crippen molar-refractivity contribution in [3.8, 4) is 0 Å². The summed E-state index contributed by atoms with van der Waals surface area (Å²) in [6, 6.07) is 0. The van der Waals surface area contributed by atoms with Crippen molar-refractivity contribution in [3.63, 3.8) is 0 Å². The zero-order valence-corrected chi connectivity index (χ0v) is 12.2. The van der Waals surface area contributed by atoms with Crippen LogP contribution in [0.3, 0.4) is 0 Å². The van der Waals surface area contributed by atoms with Crippen molar-refractivity contribution in [2.75, 3.05) is 31.3 Å². The number of ether oxygens (including phenoxy) is 1. The molecule has 0 spiro atoms. The summed E-state index contributed by atoms with van der Waals surface area (Å²) >= 11 is 0. The highest BCUT2D eigenvalue weighted by Gasteiger charge is 2.44. The molecule has 120 valence electrons. The van der Waals surface area contributed by atoms with Crippen molar-refractivity contribution in [2.24, 2.45) is 0 Å². The zero-order valence-electron chi connectivity index (χ0n) is 12.2. The van der Waals surface area contributed by atoms with Crippen LogP contribution >= 0.6 is 0 Å². The lowest BCUT2D eigenvalue weighted by atomic mass is 10.1. The number of aromatic nitrogens is 4. The molecule has 3 rings (SSSR count). The van der Waals surface area contributed by atoms with Gasteiger partial charge in [-0.25, -0.2) is 4.68 Å². The van der Waals surface area contributed by atoms with E-state index in [0.29, 0.717) is 11.0 Å². The van der Waals surface area contributed by atoms with Crippen LogP contribution < -0.4 is 10.6 Å². The molecule has 10 heteroatoms. The van der Waals surface area contributed by atoms with Gasteiger partial charge >= 0.3 is 0 Å². The highest BCUT2D eigenvalue weighted by Crippen LogP contribution is 2.34. The van der Waals surface area contributed by atoms with Crippen molar-refractivity contribution < 1.29 is 20.1 Å². The molecular formula is C12H18N6O4. The van der Waals surface area contributed by atoms with E-state index in [4.69, 9.17) is 15.6 Å². The van der Waals surface area contributed by atoms with Crippen LogP contribution in [0.4, 0.5) is 11.5 Å². The fourth-order valence-corrected chi connectivity index (χ4v) is 2.59. The highest BCUT2D eigenvalue weighted by atomic mass is 16.6. The second-order valence-corrected chi connectivity index (χ2v) is 5.38. The Bertz CT molecular complexity index is 690. The highest BCUT2D eigenvalue weighted by molar-refractivity contribution is 5.97. The van der Waals surface area contributed by atoms with Gasteiger partial charge in [0.25, 0.3) is 0 Å². The quantitative estimate of drug-likeness (QED) is 0.510. The predicted molar refractivity (Wildman–Crippen MR) is 77.1 cm³/mol. The topological polar surface area (TPSA) is 143 Å². The van der Waals surface area contributed by atoms with Gasteiger partial charge in [-0.1, -0.05) is 0 Å². The summed E-state index contributed by atoms with van der Waals surface area (Å²) in [5.74, 6) is 0.214. The number of fused-ring (bicyclic) bond motifs is 1. The lowest BCUT2D eigenvalue weighted by molar-refractivity contribution is -0.0565. The molecule has 0 radical (unpaired) electrons. The molecule has 1 saturated heterocycles. The van der Waals surface area contributed by atoms with Gasteiger partial charge in [0, 0.05) is 14.1 Å². The third kappa shape index (κ3) is 2.08. The molecule has 0 bridgehead atoms. The Morgan fingerprint density at radius 2 is 2.09 bits per heavy atom. The van der Waals surface area contributed by atoms with Crippen molar-refractivity contribution >= 4 is 22.5 Å². The Balaban J connectivity index is 2.11. The Hall–Kier alpha value is -2.01. The molecule has 4 atom stereocenters. The number of anilines is 2. The second kappa shape index (κ2) is 5.32. The number of nitrogens with zero attached hydrogens (tertiary/aromatic N) is 5. The molecule has 22 heavy (non-hydrogen) atoms. The van der Waals surface area contributed by atoms with Crippen LogP contribution in [0.2, 0.25) is 0 Å². The summed E-state index contributed by atoms with van der Waals surface area (Å²) < 4.78 is 6.74. The van der Waals surface area contributed by atoms with Crippen molar-refractivity contribution in [2.45, 2.75) is 24.5 Å². The molecule has 1 aliphatic heterocycles. The first-order valence-electron chi connectivity index (χ1n) is 6.74. The normalized spacial score (nSPS) is 28.4. The van der Waals surface area contributed by atoms with Gasteiger partial charge in [0.15, 0.2) is 17.7 Å². The smallest absolute Gasteiger partial charge is 0.187 e. The SMILES string of the molecule is CN(C)c1cnnc2c1c(N)nn2[C@@H]1O[C@H](CO)[C@H](O)[C@H]1O. The molecule has 0 amide bonds. The Labute approximate surface area is 125 Å². The first-order chi connectivity index (χ1) is 10.5. The lowest BCUT2D eigenvalue weighted by Gasteiger charge is -2.16. The number of hydrogen-bond acceptors (Lipinski definition) is 9. The minimum atomic E-state index is -1.26. The maximum atomic E-state index is 10.1. The molecule has 1 aliphatic rings. The van der Waals surface area contributed by atoms with E-state index in [2.05, 4.69) is 15.3 Å².